The number of carbonyl (C=O) groups is 1. The number of sulfonamides is 1. The molecule has 156 valence electrons. The number of hydrogen-bond donors (Lipinski definition) is 1. The molecular weight excluding hydrogens is 418 g/mol. The van der Waals surface area contributed by atoms with Gasteiger partial charge in [-0.15, -0.1) is 5.10 Å². The minimum absolute atomic E-state index is 0.0764. The van der Waals surface area contributed by atoms with Gasteiger partial charge >= 0.3 is 6.01 Å². The van der Waals surface area contributed by atoms with E-state index in [0.29, 0.717) is 18.4 Å². The van der Waals surface area contributed by atoms with Gasteiger partial charge in [0.2, 0.25) is 21.8 Å². The van der Waals surface area contributed by atoms with E-state index in [1.165, 1.54) is 24.3 Å². The molecule has 1 amide bonds. The van der Waals surface area contributed by atoms with E-state index >= 15 is 0 Å². The maximum atomic E-state index is 13.1. The third-order valence-electron chi connectivity index (χ3n) is 4.67. The largest absolute Gasteiger partial charge is 0.403 e. The lowest BCUT2D eigenvalue weighted by Crippen LogP contribution is -2.43. The molecular formula is C19H16F2N4O4S. The number of anilines is 1. The van der Waals surface area contributed by atoms with Crippen molar-refractivity contribution in [2.24, 2.45) is 0 Å². The van der Waals surface area contributed by atoms with E-state index in [2.05, 4.69) is 15.5 Å². The van der Waals surface area contributed by atoms with Gasteiger partial charge in [-0.25, -0.2) is 17.2 Å². The summed E-state index contributed by atoms with van der Waals surface area (Å²) >= 11 is 0. The highest BCUT2D eigenvalue weighted by atomic mass is 32.2. The molecule has 1 atom stereocenters. The van der Waals surface area contributed by atoms with Crippen molar-refractivity contribution in [2.45, 2.75) is 23.8 Å². The molecule has 0 saturated carbocycles. The van der Waals surface area contributed by atoms with E-state index in [1.807, 2.05) is 0 Å². The number of amides is 1. The van der Waals surface area contributed by atoms with Crippen LogP contribution in [0.3, 0.4) is 0 Å². The lowest BCUT2D eigenvalue weighted by Gasteiger charge is -2.22. The summed E-state index contributed by atoms with van der Waals surface area (Å²) < 4.78 is 58.4. The third-order valence-corrected chi connectivity index (χ3v) is 6.60. The monoisotopic (exact) mass is 434 g/mol. The Kier molecular flexibility index (Phi) is 5.31. The van der Waals surface area contributed by atoms with Gasteiger partial charge in [0.25, 0.3) is 0 Å². The molecule has 0 radical (unpaired) electrons. The molecule has 2 heterocycles. The highest BCUT2D eigenvalue weighted by molar-refractivity contribution is 7.89. The number of nitrogens with one attached hydrogen (secondary N) is 1. The van der Waals surface area contributed by atoms with Crippen LogP contribution in [0, 0.1) is 11.6 Å². The van der Waals surface area contributed by atoms with Crippen LogP contribution in [0.5, 0.6) is 0 Å². The molecule has 30 heavy (non-hydrogen) atoms. The van der Waals surface area contributed by atoms with Crippen LogP contribution >= 0.6 is 0 Å². The summed E-state index contributed by atoms with van der Waals surface area (Å²) in [5.74, 6) is -1.52. The van der Waals surface area contributed by atoms with Crippen LogP contribution in [-0.4, -0.2) is 41.4 Å². The van der Waals surface area contributed by atoms with E-state index in [9.17, 15) is 22.0 Å². The maximum Gasteiger partial charge on any atom is 0.322 e. The fourth-order valence-corrected chi connectivity index (χ4v) is 4.86. The number of aromatic nitrogens is 2. The topological polar surface area (TPSA) is 105 Å². The van der Waals surface area contributed by atoms with Crippen molar-refractivity contribution in [3.63, 3.8) is 0 Å². The van der Waals surface area contributed by atoms with Crippen molar-refractivity contribution in [3.05, 3.63) is 60.2 Å². The summed E-state index contributed by atoms with van der Waals surface area (Å²) in [6.07, 6.45) is 0.800. The summed E-state index contributed by atoms with van der Waals surface area (Å²) in [7, 11) is -3.98. The van der Waals surface area contributed by atoms with Crippen LogP contribution in [0.25, 0.3) is 11.5 Å². The van der Waals surface area contributed by atoms with Crippen LogP contribution in [0.15, 0.2) is 57.8 Å². The van der Waals surface area contributed by atoms with E-state index in [-0.39, 0.29) is 23.3 Å². The Labute approximate surface area is 170 Å². The zero-order valence-corrected chi connectivity index (χ0v) is 16.3. The van der Waals surface area contributed by atoms with Crippen molar-refractivity contribution < 1.29 is 26.4 Å². The normalized spacial score (nSPS) is 17.2. The average molecular weight is 434 g/mol. The van der Waals surface area contributed by atoms with Gasteiger partial charge in [-0.3, -0.25) is 10.1 Å². The third kappa shape index (κ3) is 3.94. The van der Waals surface area contributed by atoms with E-state index < -0.39 is 33.6 Å². The first kappa shape index (κ1) is 20.1. The van der Waals surface area contributed by atoms with Crippen molar-refractivity contribution in [1.29, 1.82) is 0 Å². The highest BCUT2D eigenvalue weighted by Crippen LogP contribution is 2.27. The molecule has 11 heteroatoms. The summed E-state index contributed by atoms with van der Waals surface area (Å²) in [5, 5.41) is 9.96. The average Bonchev–Trinajstić information content (AvgIpc) is 3.39. The number of carbonyl (C=O) groups excluding carboxylic acids is 1. The summed E-state index contributed by atoms with van der Waals surface area (Å²) in [6, 6.07) is 8.59. The molecule has 0 bridgehead atoms. The second kappa shape index (κ2) is 7.92. The number of hydrogen-bond acceptors (Lipinski definition) is 6. The first-order valence-electron chi connectivity index (χ1n) is 9.02. The smallest absolute Gasteiger partial charge is 0.322 e. The van der Waals surface area contributed by atoms with E-state index in [0.717, 1.165) is 28.6 Å². The quantitative estimate of drug-likeness (QED) is 0.662. The summed E-state index contributed by atoms with van der Waals surface area (Å²) in [6.45, 7) is 0.155. The minimum Gasteiger partial charge on any atom is -0.403 e. The molecule has 1 N–H and O–H groups in total. The highest BCUT2D eigenvalue weighted by Gasteiger charge is 2.39. The van der Waals surface area contributed by atoms with E-state index in [4.69, 9.17) is 4.42 Å². The molecule has 1 aliphatic heterocycles. The molecule has 1 unspecified atom stereocenters. The molecule has 8 nitrogen and oxygen atoms in total. The molecule has 1 saturated heterocycles. The maximum absolute atomic E-state index is 13.1. The van der Waals surface area contributed by atoms with Crippen LogP contribution in [0.1, 0.15) is 12.8 Å². The minimum atomic E-state index is -3.98. The molecule has 0 aliphatic carbocycles. The Morgan fingerprint density at radius 3 is 2.33 bits per heavy atom. The molecule has 0 spiro atoms. The van der Waals surface area contributed by atoms with Gasteiger partial charge < -0.3 is 4.42 Å². The summed E-state index contributed by atoms with van der Waals surface area (Å²) in [5.41, 5.74) is 0.464. The Morgan fingerprint density at radius 2 is 1.67 bits per heavy atom. The van der Waals surface area contributed by atoms with Gasteiger partial charge in [0.15, 0.2) is 0 Å². The van der Waals surface area contributed by atoms with E-state index in [1.54, 1.807) is 0 Å². The van der Waals surface area contributed by atoms with Crippen molar-refractivity contribution >= 4 is 21.9 Å². The molecule has 1 fully saturated rings. The fourth-order valence-electron chi connectivity index (χ4n) is 3.20. The number of benzene rings is 2. The summed E-state index contributed by atoms with van der Waals surface area (Å²) in [4.78, 5) is 12.6. The van der Waals surface area contributed by atoms with Crippen LogP contribution in [-0.2, 0) is 14.8 Å². The molecule has 1 aromatic heterocycles. The van der Waals surface area contributed by atoms with Crippen LogP contribution in [0.2, 0.25) is 0 Å². The standard InChI is InChI=1S/C19H16F2N4O4S/c20-13-5-3-12(4-6-13)18-23-24-19(29-18)22-17(26)16-2-1-11-25(16)30(27,28)15-9-7-14(21)8-10-15/h3-10,16H,1-2,11H2,(H,22,24,26). The molecule has 1 aliphatic rings. The zero-order valence-electron chi connectivity index (χ0n) is 15.5. The van der Waals surface area contributed by atoms with Crippen molar-refractivity contribution in [3.8, 4) is 11.5 Å². The lowest BCUT2D eigenvalue weighted by molar-refractivity contribution is -0.119. The Balaban J connectivity index is 1.50. The first-order chi connectivity index (χ1) is 14.3. The van der Waals surface area contributed by atoms with Gasteiger partial charge in [0, 0.05) is 12.1 Å². The molecule has 2 aromatic carbocycles. The van der Waals surface area contributed by atoms with Crippen LogP contribution in [0.4, 0.5) is 14.8 Å². The Bertz CT molecular complexity index is 1160. The van der Waals surface area contributed by atoms with Gasteiger partial charge in [-0.05, 0) is 61.4 Å². The fraction of sp³-hybridized carbons (Fsp3) is 0.211. The van der Waals surface area contributed by atoms with Gasteiger partial charge in [0.05, 0.1) is 4.90 Å². The van der Waals surface area contributed by atoms with Crippen molar-refractivity contribution in [2.75, 3.05) is 11.9 Å². The predicted molar refractivity (Wildman–Crippen MR) is 102 cm³/mol. The second-order valence-electron chi connectivity index (χ2n) is 6.64. The number of rotatable bonds is 5. The Morgan fingerprint density at radius 1 is 1.03 bits per heavy atom. The van der Waals surface area contributed by atoms with Gasteiger partial charge in [-0.1, -0.05) is 5.10 Å². The van der Waals surface area contributed by atoms with Gasteiger partial charge in [-0.2, -0.15) is 4.31 Å². The number of halogens is 2. The Hall–Kier alpha value is -3.18. The SMILES string of the molecule is O=C(Nc1nnc(-c2ccc(F)cc2)o1)C1CCCN1S(=O)(=O)c1ccc(F)cc1. The predicted octanol–water partition coefficient (Wildman–Crippen LogP) is 2.81. The molecule has 4 rings (SSSR count). The zero-order chi connectivity index (χ0) is 21.3. The van der Waals surface area contributed by atoms with Crippen molar-refractivity contribution in [1.82, 2.24) is 14.5 Å². The van der Waals surface area contributed by atoms with Gasteiger partial charge in [0.1, 0.15) is 17.7 Å². The molecule has 3 aromatic rings. The van der Waals surface area contributed by atoms with Crippen LogP contribution < -0.4 is 5.32 Å². The lowest BCUT2D eigenvalue weighted by atomic mass is 10.2. The number of nitrogens with zero attached hydrogens (tertiary/aromatic N) is 3. The first-order valence-corrected chi connectivity index (χ1v) is 10.5. The second-order valence-corrected chi connectivity index (χ2v) is 8.53.